The van der Waals surface area contributed by atoms with Crippen molar-refractivity contribution >= 4 is 17.2 Å². The molecule has 0 unspecified atom stereocenters. The number of nitrogens with one attached hydrogen (secondary N) is 1. The summed E-state index contributed by atoms with van der Waals surface area (Å²) in [5.74, 6) is 1.37. The van der Waals surface area contributed by atoms with E-state index >= 15 is 0 Å². The van der Waals surface area contributed by atoms with Crippen molar-refractivity contribution in [2.75, 3.05) is 5.32 Å². The second-order valence-electron chi connectivity index (χ2n) is 7.31. The van der Waals surface area contributed by atoms with Crippen molar-refractivity contribution in [1.29, 1.82) is 0 Å². The van der Waals surface area contributed by atoms with Gasteiger partial charge in [0.05, 0.1) is 5.69 Å². The number of fused-ring (bicyclic) bond motifs is 1. The minimum atomic E-state index is -0.156. The van der Waals surface area contributed by atoms with Crippen LogP contribution in [-0.2, 0) is 17.8 Å². The van der Waals surface area contributed by atoms with Crippen LogP contribution in [0.5, 0.6) is 5.75 Å². The second-order valence-corrected chi connectivity index (χ2v) is 7.31. The van der Waals surface area contributed by atoms with Crippen molar-refractivity contribution in [2.24, 2.45) is 0 Å². The van der Waals surface area contributed by atoms with Gasteiger partial charge in [-0.05, 0) is 36.4 Å². The average Bonchev–Trinajstić information content (AvgIpc) is 3.49. The molecular weight excluding hydrogens is 420 g/mol. The minimum Gasteiger partial charge on any atom is -0.487 e. The van der Waals surface area contributed by atoms with Gasteiger partial charge in [-0.2, -0.15) is 4.98 Å². The van der Waals surface area contributed by atoms with Crippen LogP contribution in [0.1, 0.15) is 18.0 Å². The molecule has 164 valence electrons. The monoisotopic (exact) mass is 440 g/mol. The van der Waals surface area contributed by atoms with Gasteiger partial charge in [-0.3, -0.25) is 9.78 Å². The predicted octanol–water partition coefficient (Wildman–Crippen LogP) is 3.93. The van der Waals surface area contributed by atoms with Crippen LogP contribution < -0.4 is 10.1 Å². The van der Waals surface area contributed by atoms with E-state index in [1.54, 1.807) is 30.6 Å². The molecule has 1 amide bonds. The largest absolute Gasteiger partial charge is 0.487 e. The Morgan fingerprint density at radius 2 is 1.97 bits per heavy atom. The number of ether oxygens (including phenoxy) is 1. The fourth-order valence-electron chi connectivity index (χ4n) is 3.30. The van der Waals surface area contributed by atoms with E-state index in [0.717, 1.165) is 16.9 Å². The molecule has 0 fully saturated rings. The molecule has 0 radical (unpaired) electrons. The van der Waals surface area contributed by atoms with Crippen LogP contribution >= 0.6 is 0 Å². The summed E-state index contributed by atoms with van der Waals surface area (Å²) in [6, 6.07) is 16.7. The summed E-state index contributed by atoms with van der Waals surface area (Å²) in [6.07, 6.45) is 7.75. The first-order valence-electron chi connectivity index (χ1n) is 10.4. The van der Waals surface area contributed by atoms with E-state index in [2.05, 4.69) is 25.4 Å². The molecular formula is C24H20N6O3. The Balaban J connectivity index is 1.14. The van der Waals surface area contributed by atoms with Gasteiger partial charge in [0, 0.05) is 54.9 Å². The van der Waals surface area contributed by atoms with Crippen molar-refractivity contribution < 1.29 is 14.1 Å². The molecule has 5 aromatic rings. The van der Waals surface area contributed by atoms with Gasteiger partial charge >= 0.3 is 0 Å². The number of rotatable bonds is 8. The number of carbonyl (C=O) groups excluding carboxylic acids is 1. The van der Waals surface area contributed by atoms with E-state index in [1.807, 2.05) is 53.2 Å². The number of benzene rings is 1. The Kier molecular flexibility index (Phi) is 5.75. The van der Waals surface area contributed by atoms with Crippen molar-refractivity contribution in [3.8, 4) is 17.1 Å². The molecule has 1 N–H and O–H groups in total. The Hall–Kier alpha value is -4.53. The van der Waals surface area contributed by atoms with Crippen molar-refractivity contribution in [1.82, 2.24) is 24.5 Å². The molecule has 0 saturated carbocycles. The molecule has 9 nitrogen and oxygen atoms in total. The molecule has 4 heterocycles. The topological polar surface area (TPSA) is 107 Å². The second kappa shape index (κ2) is 9.31. The van der Waals surface area contributed by atoms with Gasteiger partial charge in [0.1, 0.15) is 18.0 Å². The molecule has 0 aliphatic rings. The minimum absolute atomic E-state index is 0.156. The molecule has 0 aliphatic carbocycles. The lowest BCUT2D eigenvalue weighted by molar-refractivity contribution is -0.116. The quantitative estimate of drug-likeness (QED) is 0.389. The molecule has 0 saturated heterocycles. The normalized spacial score (nSPS) is 10.9. The zero-order chi connectivity index (χ0) is 22.5. The van der Waals surface area contributed by atoms with Gasteiger partial charge in [0.25, 0.3) is 0 Å². The van der Waals surface area contributed by atoms with Crippen molar-refractivity contribution in [3.05, 3.63) is 91.0 Å². The molecule has 0 atom stereocenters. The smallest absolute Gasteiger partial charge is 0.227 e. The summed E-state index contributed by atoms with van der Waals surface area (Å²) in [5, 5.41) is 6.82. The molecule has 5 rings (SSSR count). The number of hydrogen-bond acceptors (Lipinski definition) is 7. The summed E-state index contributed by atoms with van der Waals surface area (Å²) < 4.78 is 13.0. The van der Waals surface area contributed by atoms with Gasteiger partial charge < -0.3 is 19.0 Å². The first-order chi connectivity index (χ1) is 16.2. The van der Waals surface area contributed by atoms with Crippen LogP contribution in [0.3, 0.4) is 0 Å². The molecule has 0 spiro atoms. The highest BCUT2D eigenvalue weighted by molar-refractivity contribution is 5.90. The van der Waals surface area contributed by atoms with E-state index in [0.29, 0.717) is 36.2 Å². The number of pyridine rings is 2. The van der Waals surface area contributed by atoms with Crippen LogP contribution in [0.15, 0.2) is 83.9 Å². The lowest BCUT2D eigenvalue weighted by atomic mass is 10.2. The standard InChI is InChI=1S/C24H20N6O3/c31-22(7-8-23-28-24(29-33-23)17-9-11-25-12-10-17)27-18-4-3-5-20(14-18)32-16-19-15-30-13-2-1-6-21(30)26-19/h1-6,9-15H,7-8,16H2,(H,27,31). The lowest BCUT2D eigenvalue weighted by Gasteiger charge is -2.08. The SMILES string of the molecule is O=C(CCc1nc(-c2ccncc2)no1)Nc1cccc(OCc2cn3ccccc3n2)c1. The van der Waals surface area contributed by atoms with Crippen molar-refractivity contribution in [2.45, 2.75) is 19.4 Å². The maximum Gasteiger partial charge on any atom is 0.227 e. The van der Waals surface area contributed by atoms with E-state index in [4.69, 9.17) is 9.26 Å². The number of nitrogens with zero attached hydrogens (tertiary/aromatic N) is 5. The summed E-state index contributed by atoms with van der Waals surface area (Å²) >= 11 is 0. The van der Waals surface area contributed by atoms with Crippen LogP contribution in [0.2, 0.25) is 0 Å². The Morgan fingerprint density at radius 3 is 2.85 bits per heavy atom. The molecule has 0 bridgehead atoms. The molecule has 9 heteroatoms. The fourth-order valence-corrected chi connectivity index (χ4v) is 3.30. The lowest BCUT2D eigenvalue weighted by Crippen LogP contribution is -2.12. The molecule has 0 aliphatic heterocycles. The predicted molar refractivity (Wildman–Crippen MR) is 120 cm³/mol. The maximum atomic E-state index is 12.4. The van der Waals surface area contributed by atoms with Crippen LogP contribution in [-0.4, -0.2) is 30.4 Å². The molecule has 4 aromatic heterocycles. The number of anilines is 1. The van der Waals surface area contributed by atoms with Gasteiger partial charge in [-0.15, -0.1) is 0 Å². The van der Waals surface area contributed by atoms with E-state index in [9.17, 15) is 4.79 Å². The van der Waals surface area contributed by atoms with Gasteiger partial charge in [-0.25, -0.2) is 4.98 Å². The van der Waals surface area contributed by atoms with Gasteiger partial charge in [0.15, 0.2) is 0 Å². The highest BCUT2D eigenvalue weighted by atomic mass is 16.5. The van der Waals surface area contributed by atoms with Crippen LogP contribution in [0.4, 0.5) is 5.69 Å². The summed E-state index contributed by atoms with van der Waals surface area (Å²) in [7, 11) is 0. The third-order valence-corrected chi connectivity index (χ3v) is 4.89. The number of amides is 1. The van der Waals surface area contributed by atoms with E-state index in [1.165, 1.54) is 0 Å². The zero-order valence-corrected chi connectivity index (χ0v) is 17.6. The fraction of sp³-hybridized carbons (Fsp3) is 0.125. The number of hydrogen-bond donors (Lipinski definition) is 1. The summed E-state index contributed by atoms with van der Waals surface area (Å²) in [6.45, 7) is 0.329. The number of aryl methyl sites for hydroxylation is 1. The van der Waals surface area contributed by atoms with Crippen LogP contribution in [0.25, 0.3) is 17.0 Å². The maximum absolute atomic E-state index is 12.4. The summed E-state index contributed by atoms with van der Waals surface area (Å²) in [4.78, 5) is 25.2. The first kappa shape index (κ1) is 20.4. The molecule has 1 aromatic carbocycles. The number of carbonyl (C=O) groups is 1. The van der Waals surface area contributed by atoms with Crippen LogP contribution in [0, 0.1) is 0 Å². The number of imidazole rings is 1. The first-order valence-corrected chi connectivity index (χ1v) is 10.4. The Labute approximate surface area is 189 Å². The zero-order valence-electron chi connectivity index (χ0n) is 17.6. The number of aromatic nitrogens is 5. The Morgan fingerprint density at radius 1 is 1.06 bits per heavy atom. The molecule has 33 heavy (non-hydrogen) atoms. The van der Waals surface area contributed by atoms with E-state index in [-0.39, 0.29) is 12.3 Å². The van der Waals surface area contributed by atoms with Gasteiger partial charge in [-0.1, -0.05) is 17.3 Å². The Bertz CT molecular complexity index is 1350. The third-order valence-electron chi connectivity index (χ3n) is 4.89. The van der Waals surface area contributed by atoms with Crippen molar-refractivity contribution in [3.63, 3.8) is 0 Å². The highest BCUT2D eigenvalue weighted by Crippen LogP contribution is 2.19. The third kappa shape index (κ3) is 5.04. The highest BCUT2D eigenvalue weighted by Gasteiger charge is 2.11. The van der Waals surface area contributed by atoms with E-state index < -0.39 is 0 Å². The summed E-state index contributed by atoms with van der Waals surface area (Å²) in [5.41, 5.74) is 3.15. The van der Waals surface area contributed by atoms with Gasteiger partial charge in [0.2, 0.25) is 17.6 Å². The average molecular weight is 440 g/mol.